The zero-order chi connectivity index (χ0) is 20.5. The molecule has 1 amide bonds. The van der Waals surface area contributed by atoms with E-state index in [9.17, 15) is 9.59 Å². The van der Waals surface area contributed by atoms with Crippen molar-refractivity contribution in [2.24, 2.45) is 0 Å². The van der Waals surface area contributed by atoms with Gasteiger partial charge in [-0.25, -0.2) is 4.79 Å². The Hall–Kier alpha value is -2.93. The Balaban J connectivity index is 1.81. The van der Waals surface area contributed by atoms with Gasteiger partial charge in [0.05, 0.1) is 20.3 Å². The molecule has 0 bridgehead atoms. The summed E-state index contributed by atoms with van der Waals surface area (Å²) in [5, 5.41) is 3.31. The van der Waals surface area contributed by atoms with Crippen LogP contribution in [0.25, 0.3) is 0 Å². The highest BCUT2D eigenvalue weighted by molar-refractivity contribution is 6.30. The fourth-order valence-corrected chi connectivity index (χ4v) is 2.53. The summed E-state index contributed by atoms with van der Waals surface area (Å²) in [6.07, 6.45) is 0. The maximum absolute atomic E-state index is 12.1. The Bertz CT molecular complexity index is 809. The molecular weight excluding hydrogens is 386 g/mol. The highest BCUT2D eigenvalue weighted by Crippen LogP contribution is 2.29. The third kappa shape index (κ3) is 6.35. The Morgan fingerprint density at radius 2 is 1.68 bits per heavy atom. The third-order valence-corrected chi connectivity index (χ3v) is 4.07. The van der Waals surface area contributed by atoms with Crippen LogP contribution in [0.15, 0.2) is 42.5 Å². The van der Waals surface area contributed by atoms with Crippen LogP contribution in [-0.4, -0.2) is 39.3 Å². The van der Waals surface area contributed by atoms with E-state index < -0.39 is 18.5 Å². The lowest BCUT2D eigenvalue weighted by Gasteiger charge is -2.18. The van der Waals surface area contributed by atoms with Gasteiger partial charge in [0.15, 0.2) is 13.2 Å². The minimum absolute atomic E-state index is 0.311. The number of nitrogens with one attached hydrogen (secondary N) is 1. The van der Waals surface area contributed by atoms with Crippen molar-refractivity contribution in [3.63, 3.8) is 0 Å². The first-order valence-corrected chi connectivity index (χ1v) is 8.86. The van der Waals surface area contributed by atoms with E-state index in [1.165, 1.54) is 0 Å². The van der Waals surface area contributed by atoms with E-state index in [0.717, 1.165) is 5.56 Å². The van der Waals surface area contributed by atoms with Crippen molar-refractivity contribution in [3.8, 4) is 17.2 Å². The molecule has 150 valence electrons. The lowest BCUT2D eigenvalue weighted by Crippen LogP contribution is -2.32. The first kappa shape index (κ1) is 21.4. The molecule has 2 aromatic rings. The summed E-state index contributed by atoms with van der Waals surface area (Å²) in [5.41, 5.74) is 0.743. The predicted octanol–water partition coefficient (Wildman–Crippen LogP) is 3.16. The second-order valence-corrected chi connectivity index (χ2v) is 6.24. The Morgan fingerprint density at radius 3 is 2.32 bits per heavy atom. The minimum Gasteiger partial charge on any atom is -0.497 e. The fraction of sp³-hybridized carbons (Fsp3) is 0.300. The average Bonchev–Trinajstić information content (AvgIpc) is 2.71. The molecule has 0 saturated heterocycles. The summed E-state index contributed by atoms with van der Waals surface area (Å²) in [6, 6.07) is 11.5. The molecular formula is C20H22ClNO6. The highest BCUT2D eigenvalue weighted by atomic mass is 35.5. The average molecular weight is 408 g/mol. The number of halogens is 1. The van der Waals surface area contributed by atoms with Crippen molar-refractivity contribution in [3.05, 3.63) is 53.1 Å². The number of hydrogen-bond donors (Lipinski definition) is 1. The molecule has 0 aromatic heterocycles. The minimum atomic E-state index is -0.656. The standard InChI is InChI=1S/C20H22ClNO6/c1-13(17-10-16(25-2)8-9-18(17)26-3)22-19(23)11-28-20(24)12-27-15-6-4-14(21)5-7-15/h4-10,13H,11-12H2,1-3H3,(H,22,23)/t13-/m1/s1. The molecule has 0 radical (unpaired) electrons. The van der Waals surface area contributed by atoms with Crippen molar-refractivity contribution in [2.45, 2.75) is 13.0 Å². The largest absolute Gasteiger partial charge is 0.497 e. The van der Waals surface area contributed by atoms with E-state index >= 15 is 0 Å². The molecule has 7 nitrogen and oxygen atoms in total. The van der Waals surface area contributed by atoms with E-state index in [1.807, 2.05) is 0 Å². The molecule has 8 heteroatoms. The molecule has 1 N–H and O–H groups in total. The normalized spacial score (nSPS) is 11.3. The monoisotopic (exact) mass is 407 g/mol. The van der Waals surface area contributed by atoms with Crippen LogP contribution >= 0.6 is 11.6 Å². The second kappa shape index (κ2) is 10.4. The summed E-state index contributed by atoms with van der Waals surface area (Å²) < 4.78 is 20.7. The van der Waals surface area contributed by atoms with Crippen molar-refractivity contribution < 1.29 is 28.5 Å². The van der Waals surface area contributed by atoms with E-state index in [-0.39, 0.29) is 12.6 Å². The first-order chi connectivity index (χ1) is 13.4. The van der Waals surface area contributed by atoms with E-state index in [4.69, 9.17) is 30.5 Å². The van der Waals surface area contributed by atoms with Gasteiger partial charge >= 0.3 is 5.97 Å². The second-order valence-electron chi connectivity index (χ2n) is 5.80. The number of amides is 1. The molecule has 1 atom stereocenters. The quantitative estimate of drug-likeness (QED) is 0.643. The summed E-state index contributed by atoms with van der Waals surface area (Å²) >= 11 is 5.77. The van der Waals surface area contributed by atoms with Crippen LogP contribution in [-0.2, 0) is 14.3 Å². The van der Waals surface area contributed by atoms with Crippen LogP contribution in [0.3, 0.4) is 0 Å². The molecule has 0 spiro atoms. The Labute approximate surface area is 168 Å². The van der Waals surface area contributed by atoms with Gasteiger partial charge < -0.3 is 24.3 Å². The van der Waals surface area contributed by atoms with Crippen LogP contribution in [0.5, 0.6) is 17.2 Å². The third-order valence-electron chi connectivity index (χ3n) is 3.82. The lowest BCUT2D eigenvalue weighted by atomic mass is 10.1. The van der Waals surface area contributed by atoms with Crippen LogP contribution in [0.2, 0.25) is 5.02 Å². The Kier molecular flexibility index (Phi) is 7.95. The van der Waals surface area contributed by atoms with E-state index in [2.05, 4.69) is 5.32 Å². The maximum Gasteiger partial charge on any atom is 0.344 e. The van der Waals surface area contributed by atoms with Crippen molar-refractivity contribution in [1.29, 1.82) is 0 Å². The molecule has 0 heterocycles. The van der Waals surface area contributed by atoms with E-state index in [0.29, 0.717) is 22.3 Å². The summed E-state index contributed by atoms with van der Waals surface area (Å²) in [6.45, 7) is 1.06. The fourth-order valence-electron chi connectivity index (χ4n) is 2.40. The molecule has 0 saturated carbocycles. The maximum atomic E-state index is 12.1. The van der Waals surface area contributed by atoms with E-state index in [1.54, 1.807) is 63.6 Å². The van der Waals surface area contributed by atoms with Gasteiger partial charge in [0.2, 0.25) is 0 Å². The van der Waals surface area contributed by atoms with Gasteiger partial charge in [0, 0.05) is 10.6 Å². The van der Waals surface area contributed by atoms with Crippen LogP contribution < -0.4 is 19.5 Å². The number of methoxy groups -OCH3 is 2. The molecule has 2 aromatic carbocycles. The zero-order valence-electron chi connectivity index (χ0n) is 15.9. The number of carbonyl (C=O) groups is 2. The molecule has 0 aliphatic heterocycles. The Morgan fingerprint density at radius 1 is 1.00 bits per heavy atom. The summed E-state index contributed by atoms with van der Waals surface area (Å²) in [4.78, 5) is 23.8. The summed E-state index contributed by atoms with van der Waals surface area (Å²) in [7, 11) is 3.10. The predicted molar refractivity (Wildman–Crippen MR) is 104 cm³/mol. The number of esters is 1. The lowest BCUT2D eigenvalue weighted by molar-refractivity contribution is -0.150. The molecule has 0 fully saturated rings. The van der Waals surface area contributed by atoms with Crippen molar-refractivity contribution in [1.82, 2.24) is 5.32 Å². The van der Waals surface area contributed by atoms with Gasteiger partial charge in [0.1, 0.15) is 17.2 Å². The molecule has 0 aliphatic rings. The van der Waals surface area contributed by atoms with Gasteiger partial charge in [-0.2, -0.15) is 0 Å². The molecule has 0 unspecified atom stereocenters. The van der Waals surface area contributed by atoms with Crippen LogP contribution in [0, 0.1) is 0 Å². The van der Waals surface area contributed by atoms with Gasteiger partial charge in [-0.05, 0) is 49.4 Å². The number of benzene rings is 2. The molecule has 28 heavy (non-hydrogen) atoms. The van der Waals surface area contributed by atoms with Crippen molar-refractivity contribution in [2.75, 3.05) is 27.4 Å². The summed E-state index contributed by atoms with van der Waals surface area (Å²) in [5.74, 6) is 0.628. The number of rotatable bonds is 9. The van der Waals surface area contributed by atoms with Gasteiger partial charge in [-0.3, -0.25) is 4.79 Å². The topological polar surface area (TPSA) is 83.1 Å². The number of hydrogen-bond acceptors (Lipinski definition) is 6. The molecule has 0 aliphatic carbocycles. The number of carbonyl (C=O) groups excluding carboxylic acids is 2. The van der Waals surface area contributed by atoms with Crippen LogP contribution in [0.1, 0.15) is 18.5 Å². The highest BCUT2D eigenvalue weighted by Gasteiger charge is 2.16. The molecule has 2 rings (SSSR count). The SMILES string of the molecule is COc1ccc(OC)c([C@@H](C)NC(=O)COC(=O)COc2ccc(Cl)cc2)c1. The zero-order valence-corrected chi connectivity index (χ0v) is 16.6. The van der Waals surface area contributed by atoms with Crippen LogP contribution in [0.4, 0.5) is 0 Å². The number of ether oxygens (including phenoxy) is 4. The van der Waals surface area contributed by atoms with Crippen molar-refractivity contribution >= 4 is 23.5 Å². The van der Waals surface area contributed by atoms with Gasteiger partial charge in [0.25, 0.3) is 5.91 Å². The first-order valence-electron chi connectivity index (χ1n) is 8.48. The van der Waals surface area contributed by atoms with Gasteiger partial charge in [-0.15, -0.1) is 0 Å². The smallest absolute Gasteiger partial charge is 0.344 e. The van der Waals surface area contributed by atoms with Gasteiger partial charge in [-0.1, -0.05) is 11.6 Å².